The van der Waals surface area contributed by atoms with Crippen LogP contribution in [0.3, 0.4) is 0 Å². The van der Waals surface area contributed by atoms with Crippen molar-refractivity contribution in [2.75, 3.05) is 7.11 Å². The Morgan fingerprint density at radius 3 is 2.64 bits per heavy atom. The summed E-state index contributed by atoms with van der Waals surface area (Å²) in [6.45, 7) is 0.0224. The van der Waals surface area contributed by atoms with Crippen LogP contribution in [0.15, 0.2) is 36.7 Å². The Balaban J connectivity index is 1.85. The highest BCUT2D eigenvalue weighted by Gasteiger charge is 2.08. The summed E-state index contributed by atoms with van der Waals surface area (Å²) in [5, 5.41) is 12.5. The van der Waals surface area contributed by atoms with Gasteiger partial charge in [-0.05, 0) is 17.7 Å². The first-order valence-corrected chi connectivity index (χ1v) is 6.38. The first-order chi connectivity index (χ1) is 10.6. The maximum atomic E-state index is 11.7. The number of ether oxygens (including phenoxy) is 2. The number of nitriles is 1. The molecule has 0 radical (unpaired) electrons. The Morgan fingerprint density at radius 1 is 1.32 bits per heavy atom. The van der Waals surface area contributed by atoms with Crippen molar-refractivity contribution in [1.29, 1.82) is 5.26 Å². The first kappa shape index (κ1) is 15.3. The zero-order valence-corrected chi connectivity index (χ0v) is 11.9. The average molecular weight is 299 g/mol. The van der Waals surface area contributed by atoms with Gasteiger partial charge < -0.3 is 9.47 Å². The van der Waals surface area contributed by atoms with Crippen LogP contribution < -0.4 is 0 Å². The van der Waals surface area contributed by atoms with Crippen LogP contribution in [0.4, 0.5) is 0 Å². The Morgan fingerprint density at radius 2 is 2.05 bits per heavy atom. The average Bonchev–Trinajstić information content (AvgIpc) is 3.00. The summed E-state index contributed by atoms with van der Waals surface area (Å²) < 4.78 is 11.0. The molecule has 1 aromatic carbocycles. The summed E-state index contributed by atoms with van der Waals surface area (Å²) in [6, 6.07) is 8.49. The van der Waals surface area contributed by atoms with E-state index in [2.05, 4.69) is 9.84 Å². The van der Waals surface area contributed by atoms with Crippen LogP contribution in [-0.4, -0.2) is 28.8 Å². The van der Waals surface area contributed by atoms with Gasteiger partial charge in [-0.25, -0.2) is 4.79 Å². The number of carbonyl (C=O) groups excluding carboxylic acids is 2. The van der Waals surface area contributed by atoms with Gasteiger partial charge in [-0.2, -0.15) is 10.4 Å². The fourth-order valence-corrected chi connectivity index (χ4v) is 1.70. The van der Waals surface area contributed by atoms with Gasteiger partial charge in [-0.15, -0.1) is 0 Å². The van der Waals surface area contributed by atoms with Gasteiger partial charge >= 0.3 is 11.9 Å². The fraction of sp³-hybridized carbons (Fsp3) is 0.200. The lowest BCUT2D eigenvalue weighted by atomic mass is 10.1. The number of nitrogens with zero attached hydrogens (tertiary/aromatic N) is 3. The second-order valence-electron chi connectivity index (χ2n) is 4.39. The van der Waals surface area contributed by atoms with Gasteiger partial charge in [0.05, 0.1) is 24.4 Å². The van der Waals surface area contributed by atoms with Gasteiger partial charge in [0.2, 0.25) is 0 Å². The molecule has 0 bridgehead atoms. The second-order valence-corrected chi connectivity index (χ2v) is 4.39. The number of esters is 2. The van der Waals surface area contributed by atoms with E-state index < -0.39 is 11.9 Å². The summed E-state index contributed by atoms with van der Waals surface area (Å²) >= 11 is 0. The molecule has 7 nitrogen and oxygen atoms in total. The van der Waals surface area contributed by atoms with Crippen molar-refractivity contribution in [2.24, 2.45) is 0 Å². The number of benzene rings is 1. The molecule has 0 aliphatic heterocycles. The zero-order valence-electron chi connectivity index (χ0n) is 11.9. The van der Waals surface area contributed by atoms with Crippen LogP contribution in [-0.2, 0) is 27.4 Å². The lowest BCUT2D eigenvalue weighted by Gasteiger charge is -2.06. The normalized spacial score (nSPS) is 9.82. The highest BCUT2D eigenvalue weighted by Crippen LogP contribution is 2.07. The molecule has 112 valence electrons. The van der Waals surface area contributed by atoms with E-state index in [-0.39, 0.29) is 13.2 Å². The Hall–Kier alpha value is -3.14. The van der Waals surface area contributed by atoms with Crippen LogP contribution in [0.1, 0.15) is 21.5 Å². The van der Waals surface area contributed by atoms with Crippen molar-refractivity contribution in [3.05, 3.63) is 53.3 Å². The lowest BCUT2D eigenvalue weighted by molar-refractivity contribution is -0.145. The topological polar surface area (TPSA) is 94.2 Å². The molecule has 7 heteroatoms. The van der Waals surface area contributed by atoms with Crippen molar-refractivity contribution in [3.63, 3.8) is 0 Å². The van der Waals surface area contributed by atoms with E-state index in [1.807, 2.05) is 6.07 Å². The minimum atomic E-state index is -0.468. The summed E-state index contributed by atoms with van der Waals surface area (Å²) in [7, 11) is 1.31. The molecule has 0 N–H and O–H groups in total. The molecule has 0 amide bonds. The van der Waals surface area contributed by atoms with E-state index >= 15 is 0 Å². The molecule has 2 rings (SSSR count). The van der Waals surface area contributed by atoms with E-state index in [4.69, 9.17) is 10.00 Å². The van der Waals surface area contributed by atoms with Crippen molar-refractivity contribution < 1.29 is 19.1 Å². The molecule has 22 heavy (non-hydrogen) atoms. The SMILES string of the molecule is COC(=O)c1ccc(COC(=O)Cn2cc(C#N)cn2)cc1. The van der Waals surface area contributed by atoms with Gasteiger partial charge in [0.25, 0.3) is 0 Å². The molecule has 0 aliphatic carbocycles. The first-order valence-electron chi connectivity index (χ1n) is 6.38. The molecular formula is C15H13N3O4. The highest BCUT2D eigenvalue weighted by atomic mass is 16.5. The predicted molar refractivity (Wildman–Crippen MR) is 74.5 cm³/mol. The van der Waals surface area contributed by atoms with Gasteiger partial charge in [-0.3, -0.25) is 9.48 Å². The molecule has 0 saturated heterocycles. The van der Waals surface area contributed by atoms with Crippen molar-refractivity contribution >= 4 is 11.9 Å². The molecule has 2 aromatic rings. The minimum Gasteiger partial charge on any atom is -0.465 e. The maximum absolute atomic E-state index is 11.7. The predicted octanol–water partition coefficient (Wildman–Crippen LogP) is 1.28. The third-order valence-corrected chi connectivity index (χ3v) is 2.83. The van der Waals surface area contributed by atoms with Crippen LogP contribution in [0.2, 0.25) is 0 Å². The monoisotopic (exact) mass is 299 g/mol. The molecular weight excluding hydrogens is 286 g/mol. The zero-order chi connectivity index (χ0) is 15.9. The number of methoxy groups -OCH3 is 1. The Labute approximate surface area is 126 Å². The van der Waals surface area contributed by atoms with Crippen LogP contribution in [0.5, 0.6) is 0 Å². The number of rotatable bonds is 5. The molecule has 1 heterocycles. The molecule has 0 aliphatic rings. The van der Waals surface area contributed by atoms with E-state index in [1.54, 1.807) is 24.3 Å². The van der Waals surface area contributed by atoms with Gasteiger partial charge in [0, 0.05) is 6.20 Å². The van der Waals surface area contributed by atoms with E-state index in [1.165, 1.54) is 24.2 Å². The highest BCUT2D eigenvalue weighted by molar-refractivity contribution is 5.89. The third-order valence-electron chi connectivity index (χ3n) is 2.83. The van der Waals surface area contributed by atoms with Gasteiger partial charge in [-0.1, -0.05) is 12.1 Å². The van der Waals surface area contributed by atoms with Crippen molar-refractivity contribution in [1.82, 2.24) is 9.78 Å². The minimum absolute atomic E-state index is 0.0675. The van der Waals surface area contributed by atoms with E-state index in [0.717, 1.165) is 5.56 Å². The van der Waals surface area contributed by atoms with Crippen LogP contribution in [0.25, 0.3) is 0 Å². The Bertz CT molecular complexity index is 713. The van der Waals surface area contributed by atoms with Crippen LogP contribution >= 0.6 is 0 Å². The molecule has 0 atom stereocenters. The summed E-state index contributed by atoms with van der Waals surface area (Å²) in [6.07, 6.45) is 2.84. The largest absolute Gasteiger partial charge is 0.465 e. The molecule has 0 saturated carbocycles. The summed E-state index contributed by atoms with van der Waals surface area (Å²) in [5.74, 6) is -0.889. The lowest BCUT2D eigenvalue weighted by Crippen LogP contribution is -2.13. The smallest absolute Gasteiger partial charge is 0.337 e. The van der Waals surface area contributed by atoms with E-state index in [9.17, 15) is 9.59 Å². The molecule has 1 aromatic heterocycles. The van der Waals surface area contributed by atoms with Crippen molar-refractivity contribution in [2.45, 2.75) is 13.2 Å². The Kier molecular flexibility index (Phi) is 4.88. The third kappa shape index (κ3) is 3.93. The standard InChI is InChI=1S/C15H13N3O4/c1-21-15(20)13-4-2-11(3-5-13)10-22-14(19)9-18-8-12(6-16)7-17-18/h2-5,7-8H,9-10H2,1H3. The summed E-state index contributed by atoms with van der Waals surface area (Å²) in [4.78, 5) is 22.9. The number of hydrogen-bond acceptors (Lipinski definition) is 6. The number of aromatic nitrogens is 2. The number of hydrogen-bond donors (Lipinski definition) is 0. The summed E-state index contributed by atoms with van der Waals surface area (Å²) in [5.41, 5.74) is 1.56. The fourth-order valence-electron chi connectivity index (χ4n) is 1.70. The quantitative estimate of drug-likeness (QED) is 0.772. The van der Waals surface area contributed by atoms with Gasteiger partial charge in [0.1, 0.15) is 19.2 Å². The van der Waals surface area contributed by atoms with Crippen molar-refractivity contribution in [3.8, 4) is 6.07 Å². The van der Waals surface area contributed by atoms with Crippen LogP contribution in [0, 0.1) is 11.3 Å². The van der Waals surface area contributed by atoms with E-state index in [0.29, 0.717) is 11.1 Å². The molecule has 0 fully saturated rings. The molecule has 0 unspecified atom stereocenters. The second kappa shape index (κ2) is 7.04. The number of carbonyl (C=O) groups is 2. The molecule has 0 spiro atoms. The maximum Gasteiger partial charge on any atom is 0.337 e. The van der Waals surface area contributed by atoms with Gasteiger partial charge in [0.15, 0.2) is 0 Å².